The molecule has 0 N–H and O–H groups in total. The Hall–Kier alpha value is -2.04. The Morgan fingerprint density at radius 2 is 1.88 bits per heavy atom. The third-order valence-electron chi connectivity index (χ3n) is 4.42. The summed E-state index contributed by atoms with van der Waals surface area (Å²) in [6.07, 6.45) is -5.53. The number of alkyl halides is 5. The third kappa shape index (κ3) is 4.19. The van der Waals surface area contributed by atoms with Crippen molar-refractivity contribution < 1.29 is 31.5 Å². The average molecular weight is 380 g/mol. The lowest BCUT2D eigenvalue weighted by molar-refractivity contribution is -0.150. The Labute approximate surface area is 145 Å². The number of amides is 1. The Bertz CT molecular complexity index is 660. The molecule has 0 saturated carbocycles. The fourth-order valence-corrected chi connectivity index (χ4v) is 2.94. The number of halogens is 5. The van der Waals surface area contributed by atoms with Gasteiger partial charge in [0, 0.05) is 38.5 Å². The maximum Gasteiger partial charge on any atom is 0.433 e. The van der Waals surface area contributed by atoms with E-state index < -0.39 is 42.6 Å². The first-order chi connectivity index (χ1) is 12.2. The molecule has 6 nitrogen and oxygen atoms in total. The summed E-state index contributed by atoms with van der Waals surface area (Å²) in [7, 11) is 0. The van der Waals surface area contributed by atoms with Gasteiger partial charge in [-0.05, 0) is 0 Å². The summed E-state index contributed by atoms with van der Waals surface area (Å²) in [6, 6.07) is 0.814. The van der Waals surface area contributed by atoms with Crippen molar-refractivity contribution in [2.24, 2.45) is 0 Å². The van der Waals surface area contributed by atoms with Crippen LogP contribution in [0.5, 0.6) is 0 Å². The van der Waals surface area contributed by atoms with Crippen molar-refractivity contribution in [2.45, 2.75) is 31.0 Å². The fraction of sp³-hybridized carbons (Fsp3) is 0.667. The lowest BCUT2D eigenvalue weighted by Crippen LogP contribution is -2.53. The van der Waals surface area contributed by atoms with Gasteiger partial charge in [-0.3, -0.25) is 4.79 Å². The minimum Gasteiger partial charge on any atom is -0.365 e. The summed E-state index contributed by atoms with van der Waals surface area (Å²) in [6.45, 7) is 0.233. The van der Waals surface area contributed by atoms with Crippen LogP contribution >= 0.6 is 0 Å². The number of hydrogen-bond acceptors (Lipinski definition) is 5. The van der Waals surface area contributed by atoms with E-state index >= 15 is 0 Å². The molecule has 11 heteroatoms. The molecule has 1 unspecified atom stereocenters. The van der Waals surface area contributed by atoms with E-state index in [0.717, 1.165) is 12.4 Å². The van der Waals surface area contributed by atoms with Crippen LogP contribution in [0.3, 0.4) is 0 Å². The standard InChI is InChI=1S/C15H17F5N4O2/c16-14(17)1-3-23(4-2-14)13(25)10-8-24(5-6-26-10)12-7-11(15(18,19)20)21-9-22-12/h7,9-10H,1-6,8H2. The predicted octanol–water partition coefficient (Wildman–Crippen LogP) is 1.96. The highest BCUT2D eigenvalue weighted by Crippen LogP contribution is 2.30. The van der Waals surface area contributed by atoms with Crippen molar-refractivity contribution in [3.05, 3.63) is 18.1 Å². The van der Waals surface area contributed by atoms with E-state index in [0.29, 0.717) is 0 Å². The molecule has 0 bridgehead atoms. The first kappa shape index (κ1) is 18.7. The van der Waals surface area contributed by atoms with E-state index in [1.807, 2.05) is 0 Å². The van der Waals surface area contributed by atoms with Crippen LogP contribution in [0.1, 0.15) is 18.5 Å². The van der Waals surface area contributed by atoms with Crippen molar-refractivity contribution >= 4 is 11.7 Å². The lowest BCUT2D eigenvalue weighted by atomic mass is 10.1. The van der Waals surface area contributed by atoms with Crippen molar-refractivity contribution in [1.82, 2.24) is 14.9 Å². The molecule has 2 saturated heterocycles. The number of carbonyl (C=O) groups excluding carboxylic acids is 1. The second kappa shape index (κ2) is 6.93. The molecule has 2 fully saturated rings. The zero-order valence-corrected chi connectivity index (χ0v) is 13.7. The molecule has 3 heterocycles. The average Bonchev–Trinajstić information content (AvgIpc) is 2.61. The Kier molecular flexibility index (Phi) is 5.00. The molecule has 1 aromatic rings. The van der Waals surface area contributed by atoms with Gasteiger partial charge in [0.05, 0.1) is 13.2 Å². The van der Waals surface area contributed by atoms with E-state index in [4.69, 9.17) is 4.74 Å². The van der Waals surface area contributed by atoms with E-state index in [2.05, 4.69) is 9.97 Å². The number of morpholine rings is 1. The van der Waals surface area contributed by atoms with E-state index in [-0.39, 0.29) is 38.6 Å². The molecule has 1 atom stereocenters. The number of aromatic nitrogens is 2. The number of rotatable bonds is 2. The minimum atomic E-state index is -4.60. The maximum absolute atomic E-state index is 13.2. The fourth-order valence-electron chi connectivity index (χ4n) is 2.94. The van der Waals surface area contributed by atoms with Gasteiger partial charge in [0.25, 0.3) is 11.8 Å². The second-order valence-corrected chi connectivity index (χ2v) is 6.25. The first-order valence-corrected chi connectivity index (χ1v) is 8.08. The summed E-state index contributed by atoms with van der Waals surface area (Å²) in [5.74, 6) is -3.17. The minimum absolute atomic E-state index is 0.0000364. The largest absolute Gasteiger partial charge is 0.433 e. The van der Waals surface area contributed by atoms with Gasteiger partial charge in [-0.25, -0.2) is 18.7 Å². The first-order valence-electron chi connectivity index (χ1n) is 8.08. The summed E-state index contributed by atoms with van der Waals surface area (Å²) in [5.41, 5.74) is -1.07. The Morgan fingerprint density at radius 1 is 1.19 bits per heavy atom. The molecule has 3 rings (SSSR count). The van der Waals surface area contributed by atoms with Gasteiger partial charge in [0.2, 0.25) is 0 Å². The van der Waals surface area contributed by atoms with E-state index in [9.17, 15) is 26.7 Å². The van der Waals surface area contributed by atoms with Crippen LogP contribution in [0.4, 0.5) is 27.8 Å². The highest BCUT2D eigenvalue weighted by atomic mass is 19.4. The number of ether oxygens (including phenoxy) is 1. The van der Waals surface area contributed by atoms with Crippen molar-refractivity contribution in [1.29, 1.82) is 0 Å². The molecule has 144 valence electrons. The van der Waals surface area contributed by atoms with Crippen LogP contribution in [-0.2, 0) is 15.7 Å². The molecule has 1 amide bonds. The zero-order chi connectivity index (χ0) is 18.9. The third-order valence-corrected chi connectivity index (χ3v) is 4.42. The summed E-state index contributed by atoms with van der Waals surface area (Å²) >= 11 is 0. The van der Waals surface area contributed by atoms with Crippen LogP contribution in [0.15, 0.2) is 12.4 Å². The number of carbonyl (C=O) groups is 1. The number of hydrogen-bond donors (Lipinski definition) is 0. The SMILES string of the molecule is O=C(C1CN(c2cc(C(F)(F)F)ncn2)CCO1)N1CCC(F)(F)CC1. The molecule has 2 aliphatic rings. The number of anilines is 1. The van der Waals surface area contributed by atoms with Crippen molar-refractivity contribution in [2.75, 3.05) is 37.7 Å². The molecule has 0 aromatic carbocycles. The van der Waals surface area contributed by atoms with E-state index in [1.165, 1.54) is 9.80 Å². The molecule has 0 aliphatic carbocycles. The number of piperidine rings is 1. The van der Waals surface area contributed by atoms with Gasteiger partial charge in [0.15, 0.2) is 6.10 Å². The summed E-state index contributed by atoms with van der Waals surface area (Å²) in [4.78, 5) is 22.3. The van der Waals surface area contributed by atoms with Crippen LogP contribution < -0.4 is 4.90 Å². The number of nitrogens with zero attached hydrogens (tertiary/aromatic N) is 4. The monoisotopic (exact) mass is 380 g/mol. The molecular weight excluding hydrogens is 363 g/mol. The summed E-state index contributed by atoms with van der Waals surface area (Å²) < 4.78 is 70.2. The number of likely N-dealkylation sites (tertiary alicyclic amines) is 1. The van der Waals surface area contributed by atoms with Crippen LogP contribution in [0.25, 0.3) is 0 Å². The molecule has 2 aliphatic heterocycles. The zero-order valence-electron chi connectivity index (χ0n) is 13.7. The van der Waals surface area contributed by atoms with Gasteiger partial charge in [-0.1, -0.05) is 0 Å². The van der Waals surface area contributed by atoms with Gasteiger partial charge in [-0.2, -0.15) is 13.2 Å². The van der Waals surface area contributed by atoms with Crippen molar-refractivity contribution in [3.8, 4) is 0 Å². The predicted molar refractivity (Wildman–Crippen MR) is 79.7 cm³/mol. The lowest BCUT2D eigenvalue weighted by Gasteiger charge is -2.38. The molecular formula is C15H17F5N4O2. The van der Waals surface area contributed by atoms with Crippen LogP contribution in [-0.4, -0.2) is 65.6 Å². The smallest absolute Gasteiger partial charge is 0.365 e. The Morgan fingerprint density at radius 3 is 2.54 bits per heavy atom. The maximum atomic E-state index is 13.2. The second-order valence-electron chi connectivity index (χ2n) is 6.25. The van der Waals surface area contributed by atoms with Crippen LogP contribution in [0.2, 0.25) is 0 Å². The topological polar surface area (TPSA) is 58.6 Å². The van der Waals surface area contributed by atoms with Crippen molar-refractivity contribution in [3.63, 3.8) is 0 Å². The molecule has 26 heavy (non-hydrogen) atoms. The molecule has 1 aromatic heterocycles. The van der Waals surface area contributed by atoms with Gasteiger partial charge in [-0.15, -0.1) is 0 Å². The van der Waals surface area contributed by atoms with E-state index in [1.54, 1.807) is 0 Å². The van der Waals surface area contributed by atoms with Crippen LogP contribution in [0, 0.1) is 0 Å². The quantitative estimate of drug-likeness (QED) is 0.735. The Balaban J connectivity index is 1.67. The highest BCUT2D eigenvalue weighted by molar-refractivity contribution is 5.82. The van der Waals surface area contributed by atoms with Gasteiger partial charge < -0.3 is 14.5 Å². The highest BCUT2D eigenvalue weighted by Gasteiger charge is 2.39. The van der Waals surface area contributed by atoms with Gasteiger partial charge >= 0.3 is 6.18 Å². The molecule has 0 spiro atoms. The summed E-state index contributed by atoms with van der Waals surface area (Å²) in [5, 5.41) is 0. The molecule has 0 radical (unpaired) electrons. The normalized spacial score (nSPS) is 23.8. The van der Waals surface area contributed by atoms with Gasteiger partial charge in [0.1, 0.15) is 17.8 Å².